The van der Waals surface area contributed by atoms with E-state index in [9.17, 15) is 4.79 Å². The average Bonchev–Trinajstić information content (AvgIpc) is 2.05. The largest absolute Gasteiger partial charge is 0.461 e. The summed E-state index contributed by atoms with van der Waals surface area (Å²) >= 11 is 3.05. The van der Waals surface area contributed by atoms with Crippen molar-refractivity contribution in [1.29, 1.82) is 0 Å². The van der Waals surface area contributed by atoms with E-state index in [4.69, 9.17) is 4.74 Å². The van der Waals surface area contributed by atoms with Gasteiger partial charge in [0.05, 0.1) is 6.61 Å². The number of ether oxygens (including phenoxy) is 1. The van der Waals surface area contributed by atoms with Crippen LogP contribution < -0.4 is 0 Å². The predicted molar refractivity (Wildman–Crippen MR) is 45.7 cm³/mol. The lowest BCUT2D eigenvalue weighted by Gasteiger charge is -1.99. The average molecular weight is 231 g/mol. The molecule has 0 saturated heterocycles. The van der Waals surface area contributed by atoms with E-state index in [1.807, 2.05) is 0 Å². The van der Waals surface area contributed by atoms with Gasteiger partial charge in [0.15, 0.2) is 10.4 Å². The zero-order chi connectivity index (χ0) is 8.97. The molecule has 0 aliphatic rings. The van der Waals surface area contributed by atoms with E-state index in [1.165, 1.54) is 12.3 Å². The summed E-state index contributed by atoms with van der Waals surface area (Å²) in [6, 6.07) is 1.50. The molecular weight excluding hydrogens is 224 g/mol. The van der Waals surface area contributed by atoms with Crippen LogP contribution in [0.5, 0.6) is 0 Å². The molecule has 1 rings (SSSR count). The van der Waals surface area contributed by atoms with Crippen molar-refractivity contribution >= 4 is 21.9 Å². The Labute approximate surface area is 78.1 Å². The van der Waals surface area contributed by atoms with E-state index < -0.39 is 5.97 Å². The molecule has 0 fully saturated rings. The van der Waals surface area contributed by atoms with Gasteiger partial charge in [-0.2, -0.15) is 0 Å². The predicted octanol–water partition coefficient (Wildman–Crippen LogP) is 1.42. The molecule has 0 saturated carbocycles. The van der Waals surface area contributed by atoms with Crippen LogP contribution in [-0.2, 0) is 4.74 Å². The van der Waals surface area contributed by atoms with Gasteiger partial charge in [0.25, 0.3) is 0 Å². The molecule has 0 unspecified atom stereocenters. The van der Waals surface area contributed by atoms with Crippen molar-refractivity contribution in [3.8, 4) is 0 Å². The van der Waals surface area contributed by atoms with Crippen LogP contribution >= 0.6 is 15.9 Å². The van der Waals surface area contributed by atoms with Gasteiger partial charge in [-0.3, -0.25) is 0 Å². The molecule has 1 heterocycles. The third-order valence-electron chi connectivity index (χ3n) is 1.11. The Hall–Kier alpha value is -0.970. The normalized spacial score (nSPS) is 9.50. The molecule has 0 N–H and O–H groups in total. The number of carbonyl (C=O) groups excluding carboxylic acids is 1. The summed E-state index contributed by atoms with van der Waals surface area (Å²) in [7, 11) is 0. The van der Waals surface area contributed by atoms with E-state index in [-0.39, 0.29) is 5.69 Å². The Morgan fingerprint density at radius 3 is 3.08 bits per heavy atom. The molecule has 0 atom stereocenters. The number of aromatic nitrogens is 2. The second-order valence-electron chi connectivity index (χ2n) is 1.93. The summed E-state index contributed by atoms with van der Waals surface area (Å²) in [6.45, 7) is 2.09. The highest BCUT2D eigenvalue weighted by molar-refractivity contribution is 9.10. The van der Waals surface area contributed by atoms with E-state index >= 15 is 0 Å². The van der Waals surface area contributed by atoms with E-state index in [1.54, 1.807) is 6.92 Å². The lowest BCUT2D eigenvalue weighted by molar-refractivity contribution is 0.0519. The molecule has 0 aliphatic heterocycles. The van der Waals surface area contributed by atoms with Crippen molar-refractivity contribution in [2.24, 2.45) is 0 Å². The fourth-order valence-electron chi connectivity index (χ4n) is 0.654. The SMILES string of the molecule is CCOC(=O)c1ccnc(Br)n1. The fraction of sp³-hybridized carbons (Fsp3) is 0.286. The van der Waals surface area contributed by atoms with Crippen molar-refractivity contribution in [1.82, 2.24) is 9.97 Å². The van der Waals surface area contributed by atoms with E-state index in [0.717, 1.165) is 0 Å². The zero-order valence-corrected chi connectivity index (χ0v) is 8.04. The van der Waals surface area contributed by atoms with Gasteiger partial charge in [-0.15, -0.1) is 0 Å². The lowest BCUT2D eigenvalue weighted by atomic mass is 10.4. The van der Waals surface area contributed by atoms with Gasteiger partial charge in [-0.25, -0.2) is 14.8 Å². The number of halogens is 1. The highest BCUT2D eigenvalue weighted by Gasteiger charge is 2.07. The van der Waals surface area contributed by atoms with Crippen LogP contribution in [-0.4, -0.2) is 22.5 Å². The zero-order valence-electron chi connectivity index (χ0n) is 6.45. The molecule has 12 heavy (non-hydrogen) atoms. The summed E-state index contributed by atoms with van der Waals surface area (Å²) in [5.41, 5.74) is 0.263. The first kappa shape index (κ1) is 9.12. The molecule has 64 valence electrons. The second kappa shape index (κ2) is 4.15. The molecule has 0 amide bonds. The highest BCUT2D eigenvalue weighted by atomic mass is 79.9. The molecule has 0 aliphatic carbocycles. The Bertz CT molecular complexity index is 290. The smallest absolute Gasteiger partial charge is 0.357 e. The van der Waals surface area contributed by atoms with Gasteiger partial charge in [0.2, 0.25) is 0 Å². The minimum Gasteiger partial charge on any atom is -0.461 e. The summed E-state index contributed by atoms with van der Waals surface area (Å²) in [6.07, 6.45) is 1.49. The van der Waals surface area contributed by atoms with Gasteiger partial charge >= 0.3 is 5.97 Å². The van der Waals surface area contributed by atoms with Crippen molar-refractivity contribution in [3.63, 3.8) is 0 Å². The monoisotopic (exact) mass is 230 g/mol. The number of hydrogen-bond donors (Lipinski definition) is 0. The standard InChI is InChI=1S/C7H7BrN2O2/c1-2-12-6(11)5-3-4-9-7(8)10-5/h3-4H,2H2,1H3. The summed E-state index contributed by atoms with van der Waals surface area (Å²) in [5, 5.41) is 0. The Morgan fingerprint density at radius 2 is 2.50 bits per heavy atom. The minimum atomic E-state index is -0.430. The van der Waals surface area contributed by atoms with Crippen LogP contribution in [0.15, 0.2) is 17.0 Å². The molecule has 0 aromatic carbocycles. The van der Waals surface area contributed by atoms with Crippen LogP contribution in [0.1, 0.15) is 17.4 Å². The number of rotatable bonds is 2. The second-order valence-corrected chi connectivity index (χ2v) is 2.64. The third kappa shape index (κ3) is 2.27. The van der Waals surface area contributed by atoms with Gasteiger partial charge in [-0.05, 0) is 28.9 Å². The lowest BCUT2D eigenvalue weighted by Crippen LogP contribution is -2.07. The summed E-state index contributed by atoms with van der Waals surface area (Å²) in [4.78, 5) is 18.7. The van der Waals surface area contributed by atoms with Gasteiger partial charge in [0, 0.05) is 6.20 Å². The minimum absolute atomic E-state index is 0.263. The Kier molecular flexibility index (Phi) is 3.16. The highest BCUT2D eigenvalue weighted by Crippen LogP contribution is 2.03. The van der Waals surface area contributed by atoms with E-state index in [0.29, 0.717) is 11.3 Å². The third-order valence-corrected chi connectivity index (χ3v) is 1.49. The first-order chi connectivity index (χ1) is 5.74. The van der Waals surface area contributed by atoms with Crippen molar-refractivity contribution in [3.05, 3.63) is 22.7 Å². The molecule has 0 spiro atoms. The number of nitrogens with zero attached hydrogens (tertiary/aromatic N) is 2. The van der Waals surface area contributed by atoms with Crippen LogP contribution in [0, 0.1) is 0 Å². The fourth-order valence-corrected chi connectivity index (χ4v) is 0.963. The molecule has 1 aromatic heterocycles. The maximum atomic E-state index is 11.1. The van der Waals surface area contributed by atoms with Crippen LogP contribution in [0.2, 0.25) is 0 Å². The van der Waals surface area contributed by atoms with Crippen molar-refractivity contribution in [2.45, 2.75) is 6.92 Å². The summed E-state index contributed by atoms with van der Waals surface area (Å²) in [5.74, 6) is -0.430. The molecular formula is C7H7BrN2O2. The molecule has 0 radical (unpaired) electrons. The maximum absolute atomic E-state index is 11.1. The van der Waals surface area contributed by atoms with Crippen molar-refractivity contribution in [2.75, 3.05) is 6.61 Å². The van der Waals surface area contributed by atoms with Crippen molar-refractivity contribution < 1.29 is 9.53 Å². The van der Waals surface area contributed by atoms with Gasteiger partial charge < -0.3 is 4.74 Å². The van der Waals surface area contributed by atoms with E-state index in [2.05, 4.69) is 25.9 Å². The molecule has 4 nitrogen and oxygen atoms in total. The number of esters is 1. The Balaban J connectivity index is 2.81. The summed E-state index contributed by atoms with van der Waals surface area (Å²) < 4.78 is 5.12. The number of carbonyl (C=O) groups is 1. The van der Waals surface area contributed by atoms with Crippen LogP contribution in [0.4, 0.5) is 0 Å². The van der Waals surface area contributed by atoms with Gasteiger partial charge in [0.1, 0.15) is 0 Å². The topological polar surface area (TPSA) is 52.1 Å². The molecule has 5 heteroatoms. The van der Waals surface area contributed by atoms with Crippen LogP contribution in [0.3, 0.4) is 0 Å². The number of hydrogen-bond acceptors (Lipinski definition) is 4. The first-order valence-corrected chi connectivity index (χ1v) is 4.19. The van der Waals surface area contributed by atoms with Crippen LogP contribution in [0.25, 0.3) is 0 Å². The maximum Gasteiger partial charge on any atom is 0.357 e. The van der Waals surface area contributed by atoms with Gasteiger partial charge in [-0.1, -0.05) is 0 Å². The quantitative estimate of drug-likeness (QED) is 0.570. The molecule has 0 bridgehead atoms. The molecule has 1 aromatic rings. The Morgan fingerprint density at radius 1 is 1.75 bits per heavy atom. The first-order valence-electron chi connectivity index (χ1n) is 3.39.